The number of hydrogen-bond acceptors (Lipinski definition) is 3. The van der Waals surface area contributed by atoms with Crippen LogP contribution < -0.4 is 0 Å². The fraction of sp³-hybridized carbons (Fsp3) is 0.485. The van der Waals surface area contributed by atoms with Gasteiger partial charge in [0, 0.05) is 30.7 Å². The SMILES string of the molecule is CC.CC(=O)C1CCC2C3CCC4=CC(=O)CCC4=C3C(c3ccc(-c4cccnc4)cc3)CC12C. The maximum atomic E-state index is 12.7. The first-order chi connectivity index (χ1) is 17.5. The number of pyridine rings is 1. The zero-order valence-electron chi connectivity index (χ0n) is 22.2. The number of hydrogen-bond donors (Lipinski definition) is 0. The molecule has 5 unspecified atom stereocenters. The predicted octanol–water partition coefficient (Wildman–Crippen LogP) is 7.88. The van der Waals surface area contributed by atoms with Crippen molar-refractivity contribution in [1.29, 1.82) is 0 Å². The minimum atomic E-state index is 0.0545. The van der Waals surface area contributed by atoms with Crippen LogP contribution in [-0.2, 0) is 9.59 Å². The molecular formula is C33H39NO2. The van der Waals surface area contributed by atoms with E-state index in [0.29, 0.717) is 30.0 Å². The number of ketones is 2. The van der Waals surface area contributed by atoms with Crippen LogP contribution in [0.25, 0.3) is 11.1 Å². The molecule has 5 atom stereocenters. The first kappa shape index (κ1) is 24.9. The van der Waals surface area contributed by atoms with Crippen LogP contribution >= 0.6 is 0 Å². The Hall–Kier alpha value is -2.81. The lowest BCUT2D eigenvalue weighted by Crippen LogP contribution is -2.44. The van der Waals surface area contributed by atoms with Gasteiger partial charge in [-0.3, -0.25) is 14.6 Å². The van der Waals surface area contributed by atoms with Gasteiger partial charge in [0.05, 0.1) is 0 Å². The number of Topliss-reactive ketones (excluding diaryl/α,β-unsaturated/α-hetero) is 1. The summed E-state index contributed by atoms with van der Waals surface area (Å²) < 4.78 is 0. The van der Waals surface area contributed by atoms with Crippen LogP contribution in [0, 0.1) is 23.2 Å². The highest BCUT2D eigenvalue weighted by molar-refractivity contribution is 5.93. The molecule has 3 nitrogen and oxygen atoms in total. The monoisotopic (exact) mass is 481 g/mol. The van der Waals surface area contributed by atoms with Gasteiger partial charge in [0.15, 0.2) is 5.78 Å². The second-order valence-electron chi connectivity index (χ2n) is 11.2. The van der Waals surface area contributed by atoms with E-state index in [0.717, 1.165) is 44.1 Å². The maximum Gasteiger partial charge on any atom is 0.156 e. The van der Waals surface area contributed by atoms with Crippen LogP contribution in [0.5, 0.6) is 0 Å². The van der Waals surface area contributed by atoms with E-state index in [4.69, 9.17) is 0 Å². The van der Waals surface area contributed by atoms with Crippen molar-refractivity contribution in [3.8, 4) is 11.1 Å². The van der Waals surface area contributed by atoms with Gasteiger partial charge in [-0.25, -0.2) is 0 Å². The molecular weight excluding hydrogens is 442 g/mol. The summed E-state index contributed by atoms with van der Waals surface area (Å²) in [6.45, 7) is 8.21. The summed E-state index contributed by atoms with van der Waals surface area (Å²) in [6.07, 6.45) is 12.5. The highest BCUT2D eigenvalue weighted by Crippen LogP contribution is 2.65. The van der Waals surface area contributed by atoms with Crippen LogP contribution in [0.4, 0.5) is 0 Å². The average Bonchev–Trinajstić information content (AvgIpc) is 3.27. The van der Waals surface area contributed by atoms with Crippen molar-refractivity contribution in [3.05, 3.63) is 77.2 Å². The fourth-order valence-corrected chi connectivity index (χ4v) is 8.07. The molecule has 2 aromatic rings. The van der Waals surface area contributed by atoms with Crippen molar-refractivity contribution in [2.24, 2.45) is 23.2 Å². The van der Waals surface area contributed by atoms with Gasteiger partial charge in [0.2, 0.25) is 0 Å². The van der Waals surface area contributed by atoms with E-state index in [1.54, 1.807) is 18.7 Å². The van der Waals surface area contributed by atoms with E-state index in [1.165, 1.54) is 22.3 Å². The van der Waals surface area contributed by atoms with Crippen LogP contribution in [-0.4, -0.2) is 16.6 Å². The van der Waals surface area contributed by atoms with Crippen molar-refractivity contribution in [3.63, 3.8) is 0 Å². The summed E-state index contributed by atoms with van der Waals surface area (Å²) in [4.78, 5) is 29.2. The second-order valence-corrected chi connectivity index (χ2v) is 11.2. The summed E-state index contributed by atoms with van der Waals surface area (Å²) in [6, 6.07) is 13.1. The number of rotatable bonds is 3. The van der Waals surface area contributed by atoms with E-state index >= 15 is 0 Å². The molecule has 1 aromatic heterocycles. The predicted molar refractivity (Wildman–Crippen MR) is 145 cm³/mol. The Morgan fingerprint density at radius 3 is 2.44 bits per heavy atom. The summed E-state index contributed by atoms with van der Waals surface area (Å²) in [5.41, 5.74) is 8.10. The molecule has 6 rings (SSSR count). The quantitative estimate of drug-likeness (QED) is 0.448. The van der Waals surface area contributed by atoms with Crippen molar-refractivity contribution < 1.29 is 9.59 Å². The van der Waals surface area contributed by atoms with E-state index in [2.05, 4.69) is 42.2 Å². The number of benzene rings is 1. The maximum absolute atomic E-state index is 12.7. The Morgan fingerprint density at radius 2 is 1.75 bits per heavy atom. The molecule has 188 valence electrons. The summed E-state index contributed by atoms with van der Waals surface area (Å²) >= 11 is 0. The highest BCUT2D eigenvalue weighted by atomic mass is 16.1. The largest absolute Gasteiger partial charge is 0.300 e. The van der Waals surface area contributed by atoms with Gasteiger partial charge < -0.3 is 0 Å². The third kappa shape index (κ3) is 4.11. The first-order valence-corrected chi connectivity index (χ1v) is 13.9. The molecule has 1 aromatic carbocycles. The first-order valence-electron chi connectivity index (χ1n) is 13.9. The molecule has 0 spiro atoms. The molecule has 2 fully saturated rings. The number of carbonyl (C=O) groups excluding carboxylic acids is 2. The molecule has 0 aliphatic heterocycles. The third-order valence-corrected chi connectivity index (χ3v) is 9.53. The van der Waals surface area contributed by atoms with Gasteiger partial charge in [-0.2, -0.15) is 0 Å². The Balaban J connectivity index is 0.00000130. The average molecular weight is 482 g/mol. The lowest BCUT2D eigenvalue weighted by molar-refractivity contribution is -0.125. The highest BCUT2D eigenvalue weighted by Gasteiger charge is 2.57. The lowest BCUT2D eigenvalue weighted by atomic mass is 9.51. The van der Waals surface area contributed by atoms with E-state index < -0.39 is 0 Å². The molecule has 4 aliphatic carbocycles. The van der Waals surface area contributed by atoms with E-state index in [9.17, 15) is 9.59 Å². The lowest BCUT2D eigenvalue weighted by Gasteiger charge is -2.52. The van der Waals surface area contributed by atoms with Gasteiger partial charge in [0.25, 0.3) is 0 Å². The third-order valence-electron chi connectivity index (χ3n) is 9.53. The molecule has 0 N–H and O–H groups in total. The number of carbonyl (C=O) groups is 2. The molecule has 0 saturated heterocycles. The van der Waals surface area contributed by atoms with Crippen molar-refractivity contribution >= 4 is 11.6 Å². The molecule has 3 heteroatoms. The van der Waals surface area contributed by atoms with Crippen LogP contribution in [0.1, 0.15) is 84.1 Å². The molecule has 0 amide bonds. The number of aromatic nitrogens is 1. The topological polar surface area (TPSA) is 47.0 Å². The zero-order chi connectivity index (χ0) is 25.4. The minimum absolute atomic E-state index is 0.0545. The van der Waals surface area contributed by atoms with E-state index in [-0.39, 0.29) is 17.1 Å². The van der Waals surface area contributed by atoms with Crippen molar-refractivity contribution in [2.45, 2.75) is 78.6 Å². The zero-order valence-corrected chi connectivity index (χ0v) is 22.2. The summed E-state index contributed by atoms with van der Waals surface area (Å²) in [5.74, 6) is 2.26. The van der Waals surface area contributed by atoms with Crippen LogP contribution in [0.3, 0.4) is 0 Å². The molecule has 0 bridgehead atoms. The Morgan fingerprint density at radius 1 is 0.972 bits per heavy atom. The van der Waals surface area contributed by atoms with Crippen molar-refractivity contribution in [1.82, 2.24) is 4.98 Å². The van der Waals surface area contributed by atoms with Gasteiger partial charge in [-0.05, 0) is 103 Å². The Bertz CT molecular complexity index is 1210. The van der Waals surface area contributed by atoms with Gasteiger partial charge >= 0.3 is 0 Å². The standard InChI is InChI=1S/C31H33NO2.C2H6/c1-19(33)28-13-14-29-26-11-9-22-16-24(34)10-12-25(22)30(26)27(17-31(28,29)2)21-7-5-20(6-8-21)23-4-3-15-32-18-23;1-2/h3-8,15-16,18,26-29H,9-14,17H2,1-2H3;1-2H3. The molecule has 1 heterocycles. The molecule has 4 aliphatic rings. The normalized spacial score (nSPS) is 30.9. The Labute approximate surface area is 216 Å². The van der Waals surface area contributed by atoms with E-state index in [1.807, 2.05) is 32.2 Å². The van der Waals surface area contributed by atoms with Gasteiger partial charge in [-0.1, -0.05) is 56.7 Å². The van der Waals surface area contributed by atoms with Gasteiger partial charge in [-0.15, -0.1) is 0 Å². The fourth-order valence-electron chi connectivity index (χ4n) is 8.07. The molecule has 36 heavy (non-hydrogen) atoms. The van der Waals surface area contributed by atoms with Gasteiger partial charge in [0.1, 0.15) is 5.78 Å². The van der Waals surface area contributed by atoms with Crippen molar-refractivity contribution in [2.75, 3.05) is 0 Å². The number of fused-ring (bicyclic) bond motifs is 4. The van der Waals surface area contributed by atoms with Crippen LogP contribution in [0.15, 0.2) is 71.6 Å². The Kier molecular flexibility index (Phi) is 6.85. The second kappa shape index (κ2) is 9.92. The smallest absolute Gasteiger partial charge is 0.156 e. The number of nitrogens with zero attached hydrogens (tertiary/aromatic N) is 1. The molecule has 0 radical (unpaired) electrons. The summed E-state index contributed by atoms with van der Waals surface area (Å²) in [7, 11) is 0. The molecule has 2 saturated carbocycles. The summed E-state index contributed by atoms with van der Waals surface area (Å²) in [5, 5.41) is 0. The minimum Gasteiger partial charge on any atom is -0.300 e. The number of allylic oxidation sites excluding steroid dienone is 4. The van der Waals surface area contributed by atoms with Crippen LogP contribution in [0.2, 0.25) is 0 Å².